The van der Waals surface area contributed by atoms with Crippen molar-refractivity contribution in [1.29, 1.82) is 0 Å². The number of hydrogen-bond donors (Lipinski definition) is 1. The number of carbonyl (C=O) groups is 3. The number of methoxy groups -OCH3 is 2. The van der Waals surface area contributed by atoms with Crippen molar-refractivity contribution in [1.82, 2.24) is 0 Å². The van der Waals surface area contributed by atoms with Crippen LogP contribution in [0.3, 0.4) is 0 Å². The molecule has 0 aromatic heterocycles. The maximum absolute atomic E-state index is 13.0. The molecule has 1 aromatic carbocycles. The Kier molecular flexibility index (Phi) is 9.75. The van der Waals surface area contributed by atoms with Crippen LogP contribution in [0, 0.1) is 12.8 Å². The number of nitrogens with zero attached hydrogens (tertiary/aromatic N) is 1. The molecule has 1 heterocycles. The van der Waals surface area contributed by atoms with Gasteiger partial charge in [-0.2, -0.15) is 0 Å². The number of halogens is 1. The third kappa shape index (κ3) is 6.11. The van der Waals surface area contributed by atoms with E-state index < -0.39 is 29.9 Å². The van der Waals surface area contributed by atoms with E-state index in [1.54, 1.807) is 20.8 Å². The van der Waals surface area contributed by atoms with Crippen molar-refractivity contribution in [3.63, 3.8) is 0 Å². The van der Waals surface area contributed by atoms with Crippen LogP contribution >= 0.6 is 11.6 Å². The summed E-state index contributed by atoms with van der Waals surface area (Å²) >= 11 is 6.60. The molecule has 1 aliphatic carbocycles. The van der Waals surface area contributed by atoms with Gasteiger partial charge < -0.3 is 34.3 Å². The van der Waals surface area contributed by atoms with Gasteiger partial charge in [-0.15, -0.1) is 0 Å². The lowest BCUT2D eigenvalue weighted by Crippen LogP contribution is -2.50. The lowest BCUT2D eigenvalue weighted by atomic mass is 9.79. The van der Waals surface area contributed by atoms with Gasteiger partial charge in [0.1, 0.15) is 17.6 Å². The lowest BCUT2D eigenvalue weighted by Gasteiger charge is -2.38. The second-order valence-corrected chi connectivity index (χ2v) is 9.54. The smallest absolute Gasteiger partial charge is 0.367 e. The summed E-state index contributed by atoms with van der Waals surface area (Å²) in [7, 11) is 2.73. The highest BCUT2D eigenvalue weighted by Crippen LogP contribution is 2.44. The summed E-state index contributed by atoms with van der Waals surface area (Å²) in [5, 5.41) is 3.56. The number of carbonyl (C=O) groups excluding carboxylic acids is 3. The first kappa shape index (κ1) is 29.4. The number of rotatable bonds is 10. The Morgan fingerprint density at radius 2 is 2.05 bits per heavy atom. The molecule has 38 heavy (non-hydrogen) atoms. The summed E-state index contributed by atoms with van der Waals surface area (Å²) in [5.41, 5.74) is 4.55. The van der Waals surface area contributed by atoms with Gasteiger partial charge >= 0.3 is 5.97 Å². The highest BCUT2D eigenvalue weighted by Gasteiger charge is 2.48. The molecule has 1 aromatic rings. The Hall–Kier alpha value is -3.15. The van der Waals surface area contributed by atoms with Crippen LogP contribution in [0.4, 0.5) is 0 Å². The quantitative estimate of drug-likeness (QED) is 0.150. The van der Waals surface area contributed by atoms with Gasteiger partial charge in [-0.1, -0.05) is 23.7 Å². The first-order valence-corrected chi connectivity index (χ1v) is 12.6. The van der Waals surface area contributed by atoms with Crippen molar-refractivity contribution in [3.05, 3.63) is 34.1 Å². The van der Waals surface area contributed by atoms with E-state index in [4.69, 9.17) is 45.9 Å². The number of ketones is 1. The van der Waals surface area contributed by atoms with E-state index in [9.17, 15) is 14.4 Å². The van der Waals surface area contributed by atoms with Crippen LogP contribution in [0.1, 0.15) is 55.5 Å². The average molecular weight is 553 g/mol. The van der Waals surface area contributed by atoms with Crippen LogP contribution < -0.4 is 15.2 Å². The largest absolute Gasteiger partial charge is 0.496 e. The van der Waals surface area contributed by atoms with Crippen molar-refractivity contribution in [2.75, 3.05) is 20.8 Å². The van der Waals surface area contributed by atoms with Crippen molar-refractivity contribution >= 4 is 35.5 Å². The van der Waals surface area contributed by atoms with Crippen molar-refractivity contribution in [3.8, 4) is 11.5 Å². The lowest BCUT2D eigenvalue weighted by molar-refractivity contribution is -0.171. The molecule has 2 N–H and O–H groups in total. The second-order valence-electron chi connectivity index (χ2n) is 9.16. The molecule has 0 bridgehead atoms. The molecular formula is C26H33ClN2O9. The molecule has 2 aliphatic rings. The van der Waals surface area contributed by atoms with Crippen LogP contribution in [0.25, 0.3) is 0 Å². The summed E-state index contributed by atoms with van der Waals surface area (Å²) in [4.78, 5) is 42.5. The van der Waals surface area contributed by atoms with Crippen LogP contribution in [-0.4, -0.2) is 62.7 Å². The molecule has 4 atom stereocenters. The number of aldehydes is 1. The van der Waals surface area contributed by atoms with Gasteiger partial charge in [0.2, 0.25) is 5.60 Å². The first-order chi connectivity index (χ1) is 18.1. The number of nitrogens with two attached hydrogens (primary N) is 1. The molecule has 1 aliphatic heterocycles. The van der Waals surface area contributed by atoms with Gasteiger partial charge in [0, 0.05) is 30.6 Å². The van der Waals surface area contributed by atoms with Gasteiger partial charge in [-0.05, 0) is 39.2 Å². The minimum atomic E-state index is -1.67. The summed E-state index contributed by atoms with van der Waals surface area (Å²) in [6.07, 6.45) is 3.40. The molecular weight excluding hydrogens is 520 g/mol. The number of benzene rings is 1. The number of allylic oxidation sites excluding steroid dienone is 1. The third-order valence-corrected chi connectivity index (χ3v) is 6.96. The molecule has 2 unspecified atom stereocenters. The molecule has 0 spiro atoms. The van der Waals surface area contributed by atoms with E-state index in [1.807, 2.05) is 0 Å². The van der Waals surface area contributed by atoms with E-state index in [2.05, 4.69) is 5.16 Å². The minimum absolute atomic E-state index is 0.0164. The van der Waals surface area contributed by atoms with Crippen LogP contribution in [0.5, 0.6) is 11.5 Å². The molecule has 3 rings (SSSR count). The predicted molar refractivity (Wildman–Crippen MR) is 137 cm³/mol. The van der Waals surface area contributed by atoms with Crippen LogP contribution in [0.15, 0.2) is 23.1 Å². The average Bonchev–Trinajstić information content (AvgIpc) is 2.91. The van der Waals surface area contributed by atoms with E-state index in [-0.39, 0.29) is 45.9 Å². The Morgan fingerprint density at radius 1 is 1.32 bits per heavy atom. The predicted octanol–water partition coefficient (Wildman–Crippen LogP) is 3.47. The highest BCUT2D eigenvalue weighted by molar-refractivity contribution is 6.35. The van der Waals surface area contributed by atoms with Crippen molar-refractivity contribution in [2.45, 2.75) is 64.4 Å². The molecule has 1 fully saturated rings. The monoisotopic (exact) mass is 552 g/mol. The summed E-state index contributed by atoms with van der Waals surface area (Å²) in [6, 6.07) is 1.36. The van der Waals surface area contributed by atoms with Gasteiger partial charge in [0.15, 0.2) is 30.0 Å². The van der Waals surface area contributed by atoms with Gasteiger partial charge in [-0.3, -0.25) is 9.59 Å². The van der Waals surface area contributed by atoms with Crippen LogP contribution in [0.2, 0.25) is 5.02 Å². The van der Waals surface area contributed by atoms with Gasteiger partial charge in [0.05, 0.1) is 24.8 Å². The van der Waals surface area contributed by atoms with E-state index in [0.29, 0.717) is 18.5 Å². The highest BCUT2D eigenvalue weighted by atomic mass is 35.5. The van der Waals surface area contributed by atoms with Crippen molar-refractivity contribution in [2.24, 2.45) is 16.8 Å². The third-order valence-electron chi connectivity index (χ3n) is 6.59. The number of hydrogen-bond acceptors (Lipinski definition) is 10. The first-order valence-electron chi connectivity index (χ1n) is 12.2. The standard InChI is InChI=1S/C26H33ClN2O9/c1-14-10-17(31)11-20(34-5)26(14,13-30)37-23-15(2)19(33-4)12-18(22(23)27)25(32)38-29-24(28)16(3)36-21-8-6-7-9-35-21/h11-14,16,21H,6-10H2,1-5H3,(H2,28,29)/t14-,16?,21?,26+/m1/s1. The van der Waals surface area contributed by atoms with E-state index >= 15 is 0 Å². The molecule has 1 saturated heterocycles. The molecule has 0 radical (unpaired) electrons. The minimum Gasteiger partial charge on any atom is -0.496 e. The van der Waals surface area contributed by atoms with Gasteiger partial charge in [-0.25, -0.2) is 4.79 Å². The Labute approximate surface area is 226 Å². The summed E-state index contributed by atoms with van der Waals surface area (Å²) in [5.74, 6) is -1.58. The number of oxime groups is 1. The van der Waals surface area contributed by atoms with E-state index in [0.717, 1.165) is 19.3 Å². The molecule has 208 valence electrons. The zero-order valence-corrected chi connectivity index (χ0v) is 22.8. The molecule has 0 amide bonds. The summed E-state index contributed by atoms with van der Waals surface area (Å²) in [6.45, 7) is 5.58. The number of amidine groups is 1. The maximum atomic E-state index is 13.0. The molecule has 0 saturated carbocycles. The van der Waals surface area contributed by atoms with Crippen LogP contribution in [-0.2, 0) is 28.6 Å². The Bertz CT molecular complexity index is 1130. The topological polar surface area (TPSA) is 145 Å². The molecule has 11 nitrogen and oxygen atoms in total. The fraction of sp³-hybridized carbons (Fsp3) is 0.538. The van der Waals surface area contributed by atoms with Crippen molar-refractivity contribution < 1.29 is 42.9 Å². The molecule has 12 heteroatoms. The Balaban J connectivity index is 1.90. The zero-order chi connectivity index (χ0) is 28.0. The van der Waals surface area contributed by atoms with Gasteiger partial charge in [0.25, 0.3) is 0 Å². The van der Waals surface area contributed by atoms with E-state index in [1.165, 1.54) is 26.4 Å². The normalized spacial score (nSPS) is 24.7. The zero-order valence-electron chi connectivity index (χ0n) is 22.1. The number of ether oxygens (including phenoxy) is 5. The second kappa shape index (κ2) is 12.6. The summed E-state index contributed by atoms with van der Waals surface area (Å²) < 4.78 is 28.2. The SMILES string of the molecule is COC1=CC(=O)C[C@@H](C)[C@]1(C=O)Oc1c(C)c(OC)cc(C(=O)O/N=C(\N)C(C)OC2CCCCO2)c1Cl. The Morgan fingerprint density at radius 3 is 2.66 bits per heavy atom. The maximum Gasteiger partial charge on any atom is 0.367 e. The fourth-order valence-corrected chi connectivity index (χ4v) is 4.58. The fourth-order valence-electron chi connectivity index (χ4n) is 4.27.